The SMILES string of the molecule is OC1(Cc2cccc3ccccc23)CCC1. The fraction of sp³-hybridized carbons (Fsp3) is 0.333. The molecule has 0 radical (unpaired) electrons. The number of aliphatic hydroxyl groups is 1. The Morgan fingerprint density at radius 3 is 2.50 bits per heavy atom. The summed E-state index contributed by atoms with van der Waals surface area (Å²) in [6.45, 7) is 0. The van der Waals surface area contributed by atoms with Crippen molar-refractivity contribution in [2.75, 3.05) is 0 Å². The molecule has 2 aromatic rings. The maximum absolute atomic E-state index is 10.2. The van der Waals surface area contributed by atoms with Gasteiger partial charge in [0.05, 0.1) is 5.60 Å². The number of rotatable bonds is 2. The Hall–Kier alpha value is -1.34. The van der Waals surface area contributed by atoms with Gasteiger partial charge in [0.2, 0.25) is 0 Å². The lowest BCUT2D eigenvalue weighted by molar-refractivity contribution is -0.0320. The highest BCUT2D eigenvalue weighted by Gasteiger charge is 2.34. The van der Waals surface area contributed by atoms with Crippen LogP contribution in [0.4, 0.5) is 0 Å². The van der Waals surface area contributed by atoms with Gasteiger partial charge >= 0.3 is 0 Å². The van der Waals surface area contributed by atoms with Gasteiger partial charge in [-0.1, -0.05) is 42.5 Å². The molecule has 1 aliphatic rings. The van der Waals surface area contributed by atoms with Crippen LogP contribution in [0.2, 0.25) is 0 Å². The first kappa shape index (κ1) is 9.86. The van der Waals surface area contributed by atoms with Gasteiger partial charge in [0.15, 0.2) is 0 Å². The van der Waals surface area contributed by atoms with E-state index in [0.29, 0.717) is 0 Å². The van der Waals surface area contributed by atoms with Crippen LogP contribution in [0.25, 0.3) is 10.8 Å². The van der Waals surface area contributed by atoms with Crippen molar-refractivity contribution in [3.05, 3.63) is 48.0 Å². The molecule has 1 fully saturated rings. The minimum absolute atomic E-state index is 0.426. The molecule has 1 heteroatoms. The smallest absolute Gasteiger partial charge is 0.0688 e. The second kappa shape index (κ2) is 3.60. The van der Waals surface area contributed by atoms with Gasteiger partial charge in [-0.3, -0.25) is 0 Å². The van der Waals surface area contributed by atoms with Gasteiger partial charge in [-0.25, -0.2) is 0 Å². The van der Waals surface area contributed by atoms with E-state index in [2.05, 4.69) is 42.5 Å². The number of fused-ring (bicyclic) bond motifs is 1. The molecule has 0 spiro atoms. The molecule has 0 amide bonds. The minimum Gasteiger partial charge on any atom is -0.390 e. The van der Waals surface area contributed by atoms with Crippen molar-refractivity contribution in [3.63, 3.8) is 0 Å². The zero-order chi connectivity index (χ0) is 11.0. The van der Waals surface area contributed by atoms with Crippen LogP contribution in [0.5, 0.6) is 0 Å². The first-order valence-electron chi connectivity index (χ1n) is 5.96. The molecule has 1 nitrogen and oxygen atoms in total. The quantitative estimate of drug-likeness (QED) is 0.809. The first-order chi connectivity index (χ1) is 7.77. The van der Waals surface area contributed by atoms with Crippen molar-refractivity contribution >= 4 is 10.8 Å². The molecule has 0 atom stereocenters. The van der Waals surface area contributed by atoms with E-state index in [0.717, 1.165) is 19.3 Å². The third-order valence-electron chi connectivity index (χ3n) is 3.68. The highest BCUT2D eigenvalue weighted by Crippen LogP contribution is 2.36. The highest BCUT2D eigenvalue weighted by atomic mass is 16.3. The van der Waals surface area contributed by atoms with Crippen molar-refractivity contribution in [3.8, 4) is 0 Å². The maximum Gasteiger partial charge on any atom is 0.0688 e. The Morgan fingerprint density at radius 2 is 1.75 bits per heavy atom. The van der Waals surface area contributed by atoms with Crippen molar-refractivity contribution < 1.29 is 5.11 Å². The molecule has 1 saturated carbocycles. The average molecular weight is 212 g/mol. The lowest BCUT2D eigenvalue weighted by atomic mass is 9.75. The van der Waals surface area contributed by atoms with Gasteiger partial charge in [0.1, 0.15) is 0 Å². The van der Waals surface area contributed by atoms with Crippen molar-refractivity contribution in [2.45, 2.75) is 31.3 Å². The molecule has 0 bridgehead atoms. The molecule has 0 heterocycles. The van der Waals surface area contributed by atoms with Crippen LogP contribution < -0.4 is 0 Å². The Morgan fingerprint density at radius 1 is 1.00 bits per heavy atom. The lowest BCUT2D eigenvalue weighted by Crippen LogP contribution is -2.38. The van der Waals surface area contributed by atoms with E-state index in [1.807, 2.05) is 0 Å². The van der Waals surface area contributed by atoms with Crippen LogP contribution >= 0.6 is 0 Å². The summed E-state index contributed by atoms with van der Waals surface area (Å²) < 4.78 is 0. The summed E-state index contributed by atoms with van der Waals surface area (Å²) in [7, 11) is 0. The molecule has 2 aromatic carbocycles. The lowest BCUT2D eigenvalue weighted by Gasteiger charge is -2.37. The third kappa shape index (κ3) is 1.61. The topological polar surface area (TPSA) is 20.2 Å². The van der Waals surface area contributed by atoms with E-state index in [9.17, 15) is 5.11 Å². The molecule has 82 valence electrons. The standard InChI is InChI=1S/C15H16O/c16-15(9-4-10-15)11-13-7-3-6-12-5-1-2-8-14(12)13/h1-3,5-8,16H,4,9-11H2. The molecule has 16 heavy (non-hydrogen) atoms. The summed E-state index contributed by atoms with van der Waals surface area (Å²) in [5, 5.41) is 12.8. The predicted octanol–water partition coefficient (Wildman–Crippen LogP) is 3.30. The summed E-state index contributed by atoms with van der Waals surface area (Å²) in [6.07, 6.45) is 3.88. The van der Waals surface area contributed by atoms with E-state index < -0.39 is 5.60 Å². The van der Waals surface area contributed by atoms with Crippen molar-refractivity contribution in [1.82, 2.24) is 0 Å². The van der Waals surface area contributed by atoms with Crippen LogP contribution in [0, 0.1) is 0 Å². The molecular weight excluding hydrogens is 196 g/mol. The number of hydrogen-bond acceptors (Lipinski definition) is 1. The van der Waals surface area contributed by atoms with Gasteiger partial charge in [-0.05, 0) is 35.6 Å². The average Bonchev–Trinajstić information content (AvgIpc) is 2.27. The van der Waals surface area contributed by atoms with Gasteiger partial charge in [-0.15, -0.1) is 0 Å². The molecular formula is C15H16O. The van der Waals surface area contributed by atoms with E-state index in [-0.39, 0.29) is 0 Å². The number of benzene rings is 2. The Kier molecular flexibility index (Phi) is 2.22. The minimum atomic E-state index is -0.426. The highest BCUT2D eigenvalue weighted by molar-refractivity contribution is 5.85. The van der Waals surface area contributed by atoms with Gasteiger partial charge in [0.25, 0.3) is 0 Å². The van der Waals surface area contributed by atoms with E-state index in [1.165, 1.54) is 22.8 Å². The Bertz CT molecular complexity index is 506. The van der Waals surface area contributed by atoms with Crippen LogP contribution in [-0.2, 0) is 6.42 Å². The van der Waals surface area contributed by atoms with Gasteiger partial charge in [-0.2, -0.15) is 0 Å². The molecule has 1 aliphatic carbocycles. The second-order valence-corrected chi connectivity index (χ2v) is 4.89. The fourth-order valence-corrected chi connectivity index (χ4v) is 2.56. The normalized spacial score (nSPS) is 18.3. The summed E-state index contributed by atoms with van der Waals surface area (Å²) in [6, 6.07) is 14.7. The van der Waals surface area contributed by atoms with Crippen molar-refractivity contribution in [2.24, 2.45) is 0 Å². The molecule has 0 saturated heterocycles. The van der Waals surface area contributed by atoms with Crippen molar-refractivity contribution in [1.29, 1.82) is 0 Å². The van der Waals surface area contributed by atoms with E-state index >= 15 is 0 Å². The first-order valence-corrected chi connectivity index (χ1v) is 5.96. The molecule has 1 N–H and O–H groups in total. The summed E-state index contributed by atoms with van der Waals surface area (Å²) >= 11 is 0. The zero-order valence-corrected chi connectivity index (χ0v) is 9.32. The van der Waals surface area contributed by atoms with Gasteiger partial charge in [0, 0.05) is 6.42 Å². The Labute approximate surface area is 95.7 Å². The predicted molar refractivity (Wildman–Crippen MR) is 66.5 cm³/mol. The van der Waals surface area contributed by atoms with E-state index in [1.54, 1.807) is 0 Å². The summed E-state index contributed by atoms with van der Waals surface area (Å²) in [5.74, 6) is 0. The van der Waals surface area contributed by atoms with Crippen LogP contribution in [0.1, 0.15) is 24.8 Å². The summed E-state index contributed by atoms with van der Waals surface area (Å²) in [5.41, 5.74) is 0.852. The largest absolute Gasteiger partial charge is 0.390 e. The fourth-order valence-electron chi connectivity index (χ4n) is 2.56. The van der Waals surface area contributed by atoms with E-state index in [4.69, 9.17) is 0 Å². The molecule has 0 aromatic heterocycles. The summed E-state index contributed by atoms with van der Waals surface area (Å²) in [4.78, 5) is 0. The Balaban J connectivity index is 2.03. The van der Waals surface area contributed by atoms with Crippen LogP contribution in [-0.4, -0.2) is 10.7 Å². The molecule has 3 rings (SSSR count). The monoisotopic (exact) mass is 212 g/mol. The van der Waals surface area contributed by atoms with Crippen LogP contribution in [0.3, 0.4) is 0 Å². The number of hydrogen-bond donors (Lipinski definition) is 1. The van der Waals surface area contributed by atoms with Gasteiger partial charge < -0.3 is 5.11 Å². The van der Waals surface area contributed by atoms with Crippen LogP contribution in [0.15, 0.2) is 42.5 Å². The zero-order valence-electron chi connectivity index (χ0n) is 9.32. The third-order valence-corrected chi connectivity index (χ3v) is 3.68. The second-order valence-electron chi connectivity index (χ2n) is 4.89. The molecule has 0 aliphatic heterocycles. The molecule has 0 unspecified atom stereocenters. The maximum atomic E-state index is 10.2.